The summed E-state index contributed by atoms with van der Waals surface area (Å²) in [5, 5.41) is 2.87. The maximum Gasteiger partial charge on any atom is 0.220 e. The topological polar surface area (TPSA) is 55.1 Å². The molecule has 3 nitrogen and oxygen atoms in total. The SMILES string of the molecule is C[C@@H](NC(=O)CCc1ccccc1N)c1cccc(F)c1. The molecule has 4 heteroatoms. The van der Waals surface area contributed by atoms with Crippen LogP contribution in [0.2, 0.25) is 0 Å². The second-order valence-corrected chi connectivity index (χ2v) is 5.04. The second kappa shape index (κ2) is 6.88. The van der Waals surface area contributed by atoms with Crippen molar-refractivity contribution in [1.82, 2.24) is 5.32 Å². The summed E-state index contributed by atoms with van der Waals surface area (Å²) in [5.74, 6) is -0.374. The number of hydrogen-bond acceptors (Lipinski definition) is 2. The highest BCUT2D eigenvalue weighted by Gasteiger charge is 2.10. The Labute approximate surface area is 124 Å². The Morgan fingerprint density at radius 3 is 2.71 bits per heavy atom. The zero-order valence-electron chi connectivity index (χ0n) is 12.0. The molecule has 2 aromatic carbocycles. The maximum absolute atomic E-state index is 13.2. The molecule has 1 amide bonds. The van der Waals surface area contributed by atoms with E-state index in [0.29, 0.717) is 18.5 Å². The number of carbonyl (C=O) groups excluding carboxylic acids is 1. The van der Waals surface area contributed by atoms with Crippen molar-refractivity contribution in [2.75, 3.05) is 5.73 Å². The van der Waals surface area contributed by atoms with Crippen molar-refractivity contribution in [3.63, 3.8) is 0 Å². The van der Waals surface area contributed by atoms with Gasteiger partial charge in [-0.25, -0.2) is 4.39 Å². The number of halogens is 1. The Balaban J connectivity index is 1.89. The molecule has 0 saturated heterocycles. The van der Waals surface area contributed by atoms with Gasteiger partial charge < -0.3 is 11.1 Å². The Morgan fingerprint density at radius 1 is 1.24 bits per heavy atom. The molecule has 110 valence electrons. The summed E-state index contributed by atoms with van der Waals surface area (Å²) < 4.78 is 13.2. The Morgan fingerprint density at radius 2 is 2.00 bits per heavy atom. The molecule has 0 aliphatic heterocycles. The average molecular weight is 286 g/mol. The minimum absolute atomic E-state index is 0.0741. The van der Waals surface area contributed by atoms with Crippen LogP contribution in [0.25, 0.3) is 0 Å². The Bertz CT molecular complexity index is 628. The van der Waals surface area contributed by atoms with Crippen LogP contribution >= 0.6 is 0 Å². The van der Waals surface area contributed by atoms with Crippen LogP contribution in [-0.4, -0.2) is 5.91 Å². The number of hydrogen-bond donors (Lipinski definition) is 2. The summed E-state index contributed by atoms with van der Waals surface area (Å²) in [5.41, 5.74) is 8.26. The van der Waals surface area contributed by atoms with Gasteiger partial charge >= 0.3 is 0 Å². The van der Waals surface area contributed by atoms with Crippen molar-refractivity contribution in [3.8, 4) is 0 Å². The fraction of sp³-hybridized carbons (Fsp3) is 0.235. The van der Waals surface area contributed by atoms with Gasteiger partial charge in [-0.15, -0.1) is 0 Å². The van der Waals surface area contributed by atoms with Gasteiger partial charge in [0.1, 0.15) is 5.82 Å². The highest BCUT2D eigenvalue weighted by atomic mass is 19.1. The van der Waals surface area contributed by atoms with Crippen LogP contribution in [0.5, 0.6) is 0 Å². The second-order valence-electron chi connectivity index (χ2n) is 5.04. The minimum Gasteiger partial charge on any atom is -0.399 e. The Kier molecular flexibility index (Phi) is 4.93. The van der Waals surface area contributed by atoms with E-state index in [-0.39, 0.29) is 17.8 Å². The van der Waals surface area contributed by atoms with Crippen LogP contribution in [0, 0.1) is 5.82 Å². The molecule has 0 aliphatic carbocycles. The maximum atomic E-state index is 13.2. The predicted octanol–water partition coefficient (Wildman–Crippen LogP) is 3.22. The van der Waals surface area contributed by atoms with Crippen LogP contribution in [-0.2, 0) is 11.2 Å². The third-order valence-electron chi connectivity index (χ3n) is 3.40. The van der Waals surface area contributed by atoms with Gasteiger partial charge in [0.15, 0.2) is 0 Å². The smallest absolute Gasteiger partial charge is 0.220 e. The lowest BCUT2D eigenvalue weighted by Gasteiger charge is -2.14. The molecule has 2 rings (SSSR count). The fourth-order valence-electron chi connectivity index (χ4n) is 2.18. The molecule has 1 atom stereocenters. The first-order chi connectivity index (χ1) is 10.1. The lowest BCUT2D eigenvalue weighted by Crippen LogP contribution is -2.26. The molecule has 21 heavy (non-hydrogen) atoms. The number of nitrogens with one attached hydrogen (secondary N) is 1. The average Bonchev–Trinajstić information content (AvgIpc) is 2.46. The number of amides is 1. The quantitative estimate of drug-likeness (QED) is 0.829. The number of nitrogens with two attached hydrogens (primary N) is 1. The lowest BCUT2D eigenvalue weighted by atomic mass is 10.1. The summed E-state index contributed by atoms with van der Waals surface area (Å²) in [4.78, 5) is 12.0. The fourth-order valence-corrected chi connectivity index (χ4v) is 2.18. The van der Waals surface area contributed by atoms with Gasteiger partial charge in [-0.05, 0) is 42.7 Å². The van der Waals surface area contributed by atoms with Crippen LogP contribution in [0.3, 0.4) is 0 Å². The monoisotopic (exact) mass is 286 g/mol. The van der Waals surface area contributed by atoms with E-state index >= 15 is 0 Å². The molecule has 0 spiro atoms. The molecule has 0 saturated carbocycles. The lowest BCUT2D eigenvalue weighted by molar-refractivity contribution is -0.121. The van der Waals surface area contributed by atoms with Crippen molar-refractivity contribution < 1.29 is 9.18 Å². The normalized spacial score (nSPS) is 11.9. The standard InChI is InChI=1S/C17H19FN2O/c1-12(14-6-4-7-15(18)11-14)20-17(21)10-9-13-5-2-3-8-16(13)19/h2-8,11-12H,9-10,19H2,1H3,(H,20,21)/t12-/m1/s1. The number of anilines is 1. The van der Waals surface area contributed by atoms with Gasteiger partial charge in [0, 0.05) is 12.1 Å². The summed E-state index contributed by atoms with van der Waals surface area (Å²) in [6, 6.07) is 13.5. The van der Waals surface area contributed by atoms with E-state index in [1.54, 1.807) is 12.1 Å². The van der Waals surface area contributed by atoms with E-state index in [2.05, 4.69) is 5.32 Å². The molecule has 0 unspecified atom stereocenters. The van der Waals surface area contributed by atoms with Crippen LogP contribution < -0.4 is 11.1 Å². The van der Waals surface area contributed by atoms with E-state index in [4.69, 9.17) is 5.73 Å². The van der Waals surface area contributed by atoms with Crippen LogP contribution in [0.15, 0.2) is 48.5 Å². The number of carbonyl (C=O) groups is 1. The van der Waals surface area contributed by atoms with Crippen molar-refractivity contribution in [1.29, 1.82) is 0 Å². The number of aryl methyl sites for hydroxylation is 1. The first-order valence-corrected chi connectivity index (χ1v) is 6.94. The van der Waals surface area contributed by atoms with E-state index in [1.165, 1.54) is 12.1 Å². The van der Waals surface area contributed by atoms with Gasteiger partial charge in [0.05, 0.1) is 6.04 Å². The van der Waals surface area contributed by atoms with E-state index in [0.717, 1.165) is 11.1 Å². The van der Waals surface area contributed by atoms with Gasteiger partial charge in [-0.2, -0.15) is 0 Å². The van der Waals surface area contributed by atoms with Crippen LogP contribution in [0.1, 0.15) is 30.5 Å². The van der Waals surface area contributed by atoms with E-state index < -0.39 is 0 Å². The summed E-state index contributed by atoms with van der Waals surface area (Å²) in [6.07, 6.45) is 0.947. The molecule has 0 fully saturated rings. The summed E-state index contributed by atoms with van der Waals surface area (Å²) in [6.45, 7) is 1.84. The molecule has 2 aromatic rings. The van der Waals surface area contributed by atoms with Gasteiger partial charge in [-0.3, -0.25) is 4.79 Å². The molecule has 0 aliphatic rings. The van der Waals surface area contributed by atoms with Gasteiger partial charge in [-0.1, -0.05) is 30.3 Å². The summed E-state index contributed by atoms with van der Waals surface area (Å²) >= 11 is 0. The van der Waals surface area contributed by atoms with Gasteiger partial charge in [0.25, 0.3) is 0 Å². The van der Waals surface area contributed by atoms with Crippen molar-refractivity contribution in [2.24, 2.45) is 0 Å². The third kappa shape index (κ3) is 4.31. The minimum atomic E-state index is -0.300. The number of nitrogen functional groups attached to an aromatic ring is 1. The highest BCUT2D eigenvalue weighted by molar-refractivity contribution is 5.77. The molecule has 0 radical (unpaired) electrons. The molecule has 0 bridgehead atoms. The zero-order valence-corrected chi connectivity index (χ0v) is 12.0. The van der Waals surface area contributed by atoms with E-state index in [9.17, 15) is 9.18 Å². The first-order valence-electron chi connectivity index (χ1n) is 6.94. The van der Waals surface area contributed by atoms with E-state index in [1.807, 2.05) is 31.2 Å². The van der Waals surface area contributed by atoms with Crippen molar-refractivity contribution >= 4 is 11.6 Å². The Hall–Kier alpha value is -2.36. The molecule has 0 aromatic heterocycles. The zero-order chi connectivity index (χ0) is 15.2. The largest absolute Gasteiger partial charge is 0.399 e. The number of rotatable bonds is 5. The van der Waals surface area contributed by atoms with Crippen LogP contribution in [0.4, 0.5) is 10.1 Å². The van der Waals surface area contributed by atoms with Crippen molar-refractivity contribution in [3.05, 3.63) is 65.5 Å². The first kappa shape index (κ1) is 15.0. The van der Waals surface area contributed by atoms with Gasteiger partial charge in [0.2, 0.25) is 5.91 Å². The number of benzene rings is 2. The molecule has 0 heterocycles. The third-order valence-corrected chi connectivity index (χ3v) is 3.40. The predicted molar refractivity (Wildman–Crippen MR) is 82.1 cm³/mol. The highest BCUT2D eigenvalue weighted by Crippen LogP contribution is 2.15. The number of para-hydroxylation sites is 1. The van der Waals surface area contributed by atoms with Crippen molar-refractivity contribution in [2.45, 2.75) is 25.8 Å². The molecular formula is C17H19FN2O. The molecule has 3 N–H and O–H groups in total. The molecular weight excluding hydrogens is 267 g/mol. The summed E-state index contributed by atoms with van der Waals surface area (Å²) in [7, 11) is 0.